The molecule has 0 aromatic rings. The molecule has 0 spiro atoms. The van der Waals surface area contributed by atoms with Crippen LogP contribution in [0.2, 0.25) is 0 Å². The van der Waals surface area contributed by atoms with Gasteiger partial charge in [-0.2, -0.15) is 8.42 Å². The molecule has 0 aliphatic heterocycles. The number of rotatable bonds is 13. The van der Waals surface area contributed by atoms with Gasteiger partial charge in [0.15, 0.2) is 0 Å². The van der Waals surface area contributed by atoms with Crippen LogP contribution < -0.4 is 5.43 Å². The summed E-state index contributed by atoms with van der Waals surface area (Å²) in [5.41, 5.74) is 3.08. The number of nitrogens with zero attached hydrogens (tertiary/aromatic N) is 1. The summed E-state index contributed by atoms with van der Waals surface area (Å²) in [5.74, 6) is 0.200. The molecule has 3 N–H and O–H groups in total. The van der Waals surface area contributed by atoms with E-state index in [9.17, 15) is 4.79 Å². The molecule has 0 saturated heterocycles. The second kappa shape index (κ2) is 15.5. The smallest absolute Gasteiger partial charge is 0.270 e. The summed E-state index contributed by atoms with van der Waals surface area (Å²) in [5, 5.41) is 0. The first-order valence-corrected chi connectivity index (χ1v) is 10.8. The second-order valence-corrected chi connectivity index (χ2v) is 7.87. The standard InChI is InChI=1S/C17H36N2O.H2O4S/c1-5-7-8-9-10-11-12-13-14-15-17(20)18-19(3,4)16-6-2;1-5(2,3)4/h5-16H2,1-4H3;(H2,1,2,3,4)/p+1. The molecule has 0 aromatic carbocycles. The molecule has 1 amide bonds. The van der Waals surface area contributed by atoms with Gasteiger partial charge in [0.2, 0.25) is 0 Å². The van der Waals surface area contributed by atoms with Crippen molar-refractivity contribution >= 4 is 16.3 Å². The zero-order valence-corrected chi connectivity index (χ0v) is 17.3. The molecule has 25 heavy (non-hydrogen) atoms. The molecular formula is C17H39N2O5S+. The number of carbonyl (C=O) groups excluding carboxylic acids is 1. The lowest BCUT2D eigenvalue weighted by atomic mass is 10.1. The first kappa shape index (κ1) is 26.5. The van der Waals surface area contributed by atoms with Gasteiger partial charge in [0.05, 0.1) is 14.1 Å². The van der Waals surface area contributed by atoms with E-state index in [0.717, 1.165) is 19.4 Å². The second-order valence-electron chi connectivity index (χ2n) is 6.97. The van der Waals surface area contributed by atoms with Crippen LogP contribution in [-0.4, -0.2) is 48.7 Å². The lowest BCUT2D eigenvalue weighted by Crippen LogP contribution is -2.54. The molecule has 0 heterocycles. The van der Waals surface area contributed by atoms with Crippen LogP contribution in [0, 0.1) is 0 Å². The van der Waals surface area contributed by atoms with E-state index in [4.69, 9.17) is 17.5 Å². The Morgan fingerprint density at radius 2 is 1.24 bits per heavy atom. The molecule has 0 fully saturated rings. The van der Waals surface area contributed by atoms with Crippen molar-refractivity contribution in [2.24, 2.45) is 0 Å². The maximum Gasteiger partial charge on any atom is 0.394 e. The average Bonchev–Trinajstić information content (AvgIpc) is 2.43. The molecule has 0 unspecified atom stereocenters. The zero-order valence-electron chi connectivity index (χ0n) is 16.5. The highest BCUT2D eigenvalue weighted by molar-refractivity contribution is 7.79. The SMILES string of the molecule is CCCCCCCCCCCC(=O)N[N+](C)(C)CCC.O=S(=O)(O)O. The average molecular weight is 384 g/mol. The van der Waals surface area contributed by atoms with Gasteiger partial charge in [0.25, 0.3) is 5.91 Å². The third kappa shape index (κ3) is 28.4. The fourth-order valence-corrected chi connectivity index (χ4v) is 2.60. The predicted octanol–water partition coefficient (Wildman–Crippen LogP) is 3.77. The molecule has 0 aliphatic carbocycles. The summed E-state index contributed by atoms with van der Waals surface area (Å²) < 4.78 is 32.2. The van der Waals surface area contributed by atoms with E-state index in [1.54, 1.807) is 0 Å². The third-order valence-corrected chi connectivity index (χ3v) is 3.72. The Bertz CT molecular complexity index is 417. The lowest BCUT2D eigenvalue weighted by molar-refractivity contribution is -0.925. The molecule has 0 rings (SSSR count). The normalized spacial score (nSPS) is 11.6. The Morgan fingerprint density at radius 3 is 1.64 bits per heavy atom. The monoisotopic (exact) mass is 383 g/mol. The highest BCUT2D eigenvalue weighted by Crippen LogP contribution is 2.10. The zero-order chi connectivity index (χ0) is 19.8. The lowest BCUT2D eigenvalue weighted by Gasteiger charge is -2.28. The Hall–Kier alpha value is -0.700. The highest BCUT2D eigenvalue weighted by Gasteiger charge is 2.16. The van der Waals surface area contributed by atoms with E-state index >= 15 is 0 Å². The van der Waals surface area contributed by atoms with E-state index in [-0.39, 0.29) is 5.91 Å². The van der Waals surface area contributed by atoms with Gasteiger partial charge < -0.3 is 0 Å². The van der Waals surface area contributed by atoms with E-state index in [2.05, 4.69) is 33.4 Å². The van der Waals surface area contributed by atoms with Gasteiger partial charge in [-0.05, 0) is 12.8 Å². The largest absolute Gasteiger partial charge is 0.394 e. The summed E-state index contributed by atoms with van der Waals surface area (Å²) in [6, 6.07) is 0. The molecule has 0 bridgehead atoms. The first-order valence-electron chi connectivity index (χ1n) is 9.35. The molecule has 7 nitrogen and oxygen atoms in total. The Kier molecular flexibility index (Phi) is 16.5. The number of hydrogen-bond donors (Lipinski definition) is 3. The molecule has 0 atom stereocenters. The first-order chi connectivity index (χ1) is 11.5. The van der Waals surface area contributed by atoms with Gasteiger partial charge >= 0.3 is 10.4 Å². The third-order valence-electron chi connectivity index (χ3n) is 3.72. The van der Waals surface area contributed by atoms with Crippen LogP contribution >= 0.6 is 0 Å². The van der Waals surface area contributed by atoms with Crippen molar-refractivity contribution in [2.75, 3.05) is 20.6 Å². The quantitative estimate of drug-likeness (QED) is 0.194. The molecule has 0 aliphatic rings. The van der Waals surface area contributed by atoms with E-state index in [0.29, 0.717) is 11.0 Å². The van der Waals surface area contributed by atoms with Crippen LogP contribution in [0.4, 0.5) is 0 Å². The van der Waals surface area contributed by atoms with Crippen LogP contribution in [0.5, 0.6) is 0 Å². The Labute approximate surface area is 154 Å². The number of nitrogens with one attached hydrogen (secondary N) is 1. The van der Waals surface area contributed by atoms with E-state index < -0.39 is 10.4 Å². The molecule has 0 radical (unpaired) electrons. The summed E-state index contributed by atoms with van der Waals surface area (Å²) in [6.07, 6.45) is 13.5. The van der Waals surface area contributed by atoms with Crippen LogP contribution in [0.3, 0.4) is 0 Å². The topological polar surface area (TPSA) is 104 Å². The summed E-state index contributed by atoms with van der Waals surface area (Å²) >= 11 is 0. The van der Waals surface area contributed by atoms with Crippen LogP contribution in [0.1, 0.15) is 84.5 Å². The highest BCUT2D eigenvalue weighted by atomic mass is 32.3. The van der Waals surface area contributed by atoms with Gasteiger partial charge in [-0.3, -0.25) is 13.9 Å². The van der Waals surface area contributed by atoms with Gasteiger partial charge in [-0.1, -0.05) is 65.2 Å². The number of carbonyl (C=O) groups is 1. The van der Waals surface area contributed by atoms with Crippen molar-refractivity contribution in [3.63, 3.8) is 0 Å². The molecule has 8 heteroatoms. The fourth-order valence-electron chi connectivity index (χ4n) is 2.60. The summed E-state index contributed by atoms with van der Waals surface area (Å²) in [6.45, 7) is 5.39. The van der Waals surface area contributed by atoms with Gasteiger partial charge in [-0.25, -0.2) is 10.0 Å². The molecule has 0 aromatic heterocycles. The molecule has 152 valence electrons. The summed E-state index contributed by atoms with van der Waals surface area (Å²) in [4.78, 5) is 11.8. The maximum atomic E-state index is 11.8. The molecule has 0 saturated carbocycles. The Balaban J connectivity index is 0. The predicted molar refractivity (Wildman–Crippen MR) is 101 cm³/mol. The van der Waals surface area contributed by atoms with Crippen molar-refractivity contribution in [3.05, 3.63) is 0 Å². The minimum Gasteiger partial charge on any atom is -0.270 e. The van der Waals surface area contributed by atoms with Crippen molar-refractivity contribution < 1.29 is 26.9 Å². The van der Waals surface area contributed by atoms with Crippen molar-refractivity contribution in [1.82, 2.24) is 5.43 Å². The van der Waals surface area contributed by atoms with Gasteiger partial charge in [0, 0.05) is 6.42 Å². The summed E-state index contributed by atoms with van der Waals surface area (Å²) in [7, 11) is -0.560. The van der Waals surface area contributed by atoms with Crippen molar-refractivity contribution in [2.45, 2.75) is 84.5 Å². The van der Waals surface area contributed by atoms with Crippen LogP contribution in [0.15, 0.2) is 0 Å². The van der Waals surface area contributed by atoms with Crippen LogP contribution in [0.25, 0.3) is 0 Å². The minimum absolute atomic E-state index is 0.200. The Morgan fingerprint density at radius 1 is 0.840 bits per heavy atom. The van der Waals surface area contributed by atoms with Crippen LogP contribution in [-0.2, 0) is 15.2 Å². The molecular weight excluding hydrogens is 344 g/mol. The maximum absolute atomic E-state index is 11.8. The number of quaternary nitrogens is 1. The van der Waals surface area contributed by atoms with Gasteiger partial charge in [-0.15, -0.1) is 0 Å². The number of unbranched alkanes of at least 4 members (excludes halogenated alkanes) is 8. The number of amides is 1. The minimum atomic E-state index is -4.67. The van der Waals surface area contributed by atoms with Crippen molar-refractivity contribution in [3.8, 4) is 0 Å². The van der Waals surface area contributed by atoms with Crippen molar-refractivity contribution in [1.29, 1.82) is 0 Å². The fraction of sp³-hybridized carbons (Fsp3) is 0.941. The van der Waals surface area contributed by atoms with E-state index in [1.165, 1.54) is 51.4 Å². The van der Waals surface area contributed by atoms with Gasteiger partial charge in [0.1, 0.15) is 6.54 Å². The number of hydrogen-bond acceptors (Lipinski definition) is 3. The van der Waals surface area contributed by atoms with E-state index in [1.807, 2.05) is 0 Å².